The van der Waals surface area contributed by atoms with Crippen LogP contribution in [0.1, 0.15) is 29.9 Å². The Morgan fingerprint density at radius 3 is 2.92 bits per heavy atom. The molecule has 0 saturated heterocycles. The minimum atomic E-state index is 0.556. The van der Waals surface area contributed by atoms with E-state index in [9.17, 15) is 4.79 Å². The summed E-state index contributed by atoms with van der Waals surface area (Å²) in [5.74, 6) is 0.789. The zero-order valence-corrected chi connectivity index (χ0v) is 6.99. The van der Waals surface area contributed by atoms with Gasteiger partial charge < -0.3 is 4.79 Å². The smallest absolute Gasteiger partial charge is 0.124 e. The SMILES string of the molecule is O=CCc1cccc(C2CC2)c1. The largest absolute Gasteiger partial charge is 0.303 e. The van der Waals surface area contributed by atoms with Crippen molar-refractivity contribution >= 4 is 6.29 Å². The highest BCUT2D eigenvalue weighted by molar-refractivity contribution is 5.55. The zero-order chi connectivity index (χ0) is 8.39. The van der Waals surface area contributed by atoms with Crippen LogP contribution in [-0.4, -0.2) is 6.29 Å². The van der Waals surface area contributed by atoms with E-state index in [1.165, 1.54) is 18.4 Å². The molecule has 12 heavy (non-hydrogen) atoms. The van der Waals surface area contributed by atoms with E-state index in [4.69, 9.17) is 0 Å². The van der Waals surface area contributed by atoms with Gasteiger partial charge in [0.2, 0.25) is 0 Å². The summed E-state index contributed by atoms with van der Waals surface area (Å²) >= 11 is 0. The molecule has 1 aliphatic rings. The average molecular weight is 160 g/mol. The molecule has 1 aromatic rings. The monoisotopic (exact) mass is 160 g/mol. The maximum atomic E-state index is 10.3. The van der Waals surface area contributed by atoms with Crippen molar-refractivity contribution in [1.82, 2.24) is 0 Å². The second-order valence-corrected chi connectivity index (χ2v) is 3.39. The van der Waals surface area contributed by atoms with Gasteiger partial charge in [-0.15, -0.1) is 0 Å². The molecule has 1 heteroatoms. The van der Waals surface area contributed by atoms with E-state index in [0.29, 0.717) is 6.42 Å². The van der Waals surface area contributed by atoms with E-state index in [2.05, 4.69) is 12.1 Å². The Bertz CT molecular complexity index is 287. The van der Waals surface area contributed by atoms with Crippen LogP contribution >= 0.6 is 0 Å². The van der Waals surface area contributed by atoms with Gasteiger partial charge in [0.1, 0.15) is 6.29 Å². The lowest BCUT2D eigenvalue weighted by molar-refractivity contribution is -0.107. The molecule has 0 heterocycles. The van der Waals surface area contributed by atoms with Gasteiger partial charge in [-0.25, -0.2) is 0 Å². The van der Waals surface area contributed by atoms with E-state index in [1.54, 1.807) is 0 Å². The van der Waals surface area contributed by atoms with Crippen LogP contribution in [0.15, 0.2) is 24.3 Å². The molecule has 1 aromatic carbocycles. The molecule has 0 spiro atoms. The average Bonchev–Trinajstić information content (AvgIpc) is 2.88. The molecule has 0 aliphatic heterocycles. The van der Waals surface area contributed by atoms with Crippen molar-refractivity contribution < 1.29 is 4.79 Å². The molecule has 0 aromatic heterocycles. The van der Waals surface area contributed by atoms with Crippen LogP contribution in [-0.2, 0) is 11.2 Å². The summed E-state index contributed by atoms with van der Waals surface area (Å²) in [7, 11) is 0. The second-order valence-electron chi connectivity index (χ2n) is 3.39. The Hall–Kier alpha value is -1.11. The molecule has 1 fully saturated rings. The van der Waals surface area contributed by atoms with Gasteiger partial charge in [0.15, 0.2) is 0 Å². The summed E-state index contributed by atoms with van der Waals surface area (Å²) in [6.45, 7) is 0. The van der Waals surface area contributed by atoms with Crippen LogP contribution in [0.5, 0.6) is 0 Å². The third-order valence-corrected chi connectivity index (χ3v) is 2.32. The molecule has 0 bridgehead atoms. The molecular weight excluding hydrogens is 148 g/mol. The summed E-state index contributed by atoms with van der Waals surface area (Å²) in [5.41, 5.74) is 2.56. The quantitative estimate of drug-likeness (QED) is 0.620. The van der Waals surface area contributed by atoms with E-state index < -0.39 is 0 Å². The Morgan fingerprint density at radius 1 is 1.42 bits per heavy atom. The minimum absolute atomic E-state index is 0.556. The van der Waals surface area contributed by atoms with Gasteiger partial charge in [0, 0.05) is 6.42 Å². The van der Waals surface area contributed by atoms with Crippen molar-refractivity contribution in [1.29, 1.82) is 0 Å². The van der Waals surface area contributed by atoms with Gasteiger partial charge in [-0.05, 0) is 29.9 Å². The number of carbonyl (C=O) groups is 1. The Labute approximate surface area is 72.4 Å². The van der Waals surface area contributed by atoms with Crippen molar-refractivity contribution in [3.8, 4) is 0 Å². The molecule has 0 radical (unpaired) electrons. The van der Waals surface area contributed by atoms with Crippen molar-refractivity contribution in [3.63, 3.8) is 0 Å². The highest BCUT2D eigenvalue weighted by Crippen LogP contribution is 2.40. The van der Waals surface area contributed by atoms with Gasteiger partial charge in [-0.1, -0.05) is 24.3 Å². The maximum absolute atomic E-state index is 10.3. The van der Waals surface area contributed by atoms with Crippen molar-refractivity contribution in [2.75, 3.05) is 0 Å². The van der Waals surface area contributed by atoms with Gasteiger partial charge in [-0.3, -0.25) is 0 Å². The lowest BCUT2D eigenvalue weighted by Gasteiger charge is -1.99. The van der Waals surface area contributed by atoms with E-state index in [1.807, 2.05) is 12.1 Å². The summed E-state index contributed by atoms with van der Waals surface area (Å²) in [6, 6.07) is 8.38. The highest BCUT2D eigenvalue weighted by atomic mass is 16.1. The third kappa shape index (κ3) is 1.55. The molecular formula is C11H12O. The first kappa shape index (κ1) is 7.53. The first-order valence-electron chi connectivity index (χ1n) is 4.42. The predicted molar refractivity (Wildman–Crippen MR) is 48.2 cm³/mol. The van der Waals surface area contributed by atoms with Crippen molar-refractivity contribution in [2.45, 2.75) is 25.2 Å². The van der Waals surface area contributed by atoms with Gasteiger partial charge >= 0.3 is 0 Å². The van der Waals surface area contributed by atoms with Crippen LogP contribution in [0.4, 0.5) is 0 Å². The van der Waals surface area contributed by atoms with Crippen LogP contribution in [0.2, 0.25) is 0 Å². The Morgan fingerprint density at radius 2 is 2.25 bits per heavy atom. The van der Waals surface area contributed by atoms with Crippen LogP contribution in [0.25, 0.3) is 0 Å². The molecule has 0 unspecified atom stereocenters. The van der Waals surface area contributed by atoms with Crippen molar-refractivity contribution in [3.05, 3.63) is 35.4 Å². The van der Waals surface area contributed by atoms with Gasteiger partial charge in [0.25, 0.3) is 0 Å². The van der Waals surface area contributed by atoms with E-state index >= 15 is 0 Å². The minimum Gasteiger partial charge on any atom is -0.303 e. The number of hydrogen-bond acceptors (Lipinski definition) is 1. The number of rotatable bonds is 3. The standard InChI is InChI=1S/C11H12O/c12-7-6-9-2-1-3-11(8-9)10-4-5-10/h1-3,7-8,10H,4-6H2. The topological polar surface area (TPSA) is 17.1 Å². The Kier molecular flexibility index (Phi) is 1.94. The second kappa shape index (κ2) is 3.10. The van der Waals surface area contributed by atoms with Crippen molar-refractivity contribution in [2.24, 2.45) is 0 Å². The summed E-state index contributed by atoms with van der Waals surface area (Å²) in [5, 5.41) is 0. The normalized spacial score (nSPS) is 16.0. The highest BCUT2D eigenvalue weighted by Gasteiger charge is 2.23. The Balaban J connectivity index is 2.20. The molecule has 1 aliphatic carbocycles. The zero-order valence-electron chi connectivity index (χ0n) is 6.99. The molecule has 1 saturated carbocycles. The lowest BCUT2D eigenvalue weighted by Crippen LogP contribution is -1.87. The van der Waals surface area contributed by atoms with Crippen LogP contribution in [0, 0.1) is 0 Å². The summed E-state index contributed by atoms with van der Waals surface area (Å²) in [4.78, 5) is 10.3. The van der Waals surface area contributed by atoms with Gasteiger partial charge in [0.05, 0.1) is 0 Å². The molecule has 0 N–H and O–H groups in total. The maximum Gasteiger partial charge on any atom is 0.124 e. The molecule has 0 amide bonds. The first-order chi connectivity index (χ1) is 5.90. The molecule has 0 atom stereocenters. The lowest BCUT2D eigenvalue weighted by atomic mass is 10.1. The number of benzene rings is 1. The van der Waals surface area contributed by atoms with E-state index in [0.717, 1.165) is 17.8 Å². The molecule has 1 nitrogen and oxygen atoms in total. The predicted octanol–water partition coefficient (Wildman–Crippen LogP) is 2.31. The fraction of sp³-hybridized carbons (Fsp3) is 0.364. The number of carbonyl (C=O) groups excluding carboxylic acids is 1. The molecule has 62 valence electrons. The summed E-state index contributed by atoms with van der Waals surface area (Å²) < 4.78 is 0. The molecule has 2 rings (SSSR count). The number of aldehydes is 1. The fourth-order valence-electron chi connectivity index (χ4n) is 1.49. The number of hydrogen-bond donors (Lipinski definition) is 0. The third-order valence-electron chi connectivity index (χ3n) is 2.32. The first-order valence-corrected chi connectivity index (χ1v) is 4.42. The van der Waals surface area contributed by atoms with Crippen LogP contribution in [0.3, 0.4) is 0 Å². The van der Waals surface area contributed by atoms with Crippen LogP contribution < -0.4 is 0 Å². The van der Waals surface area contributed by atoms with Gasteiger partial charge in [-0.2, -0.15) is 0 Å². The van der Waals surface area contributed by atoms with E-state index in [-0.39, 0.29) is 0 Å². The fourth-order valence-corrected chi connectivity index (χ4v) is 1.49. The summed E-state index contributed by atoms with van der Waals surface area (Å²) in [6.07, 6.45) is 4.17.